The van der Waals surface area contributed by atoms with Crippen molar-refractivity contribution in [1.29, 1.82) is 0 Å². The van der Waals surface area contributed by atoms with E-state index in [1.165, 1.54) is 12.1 Å². The molecule has 3 aromatic rings. The summed E-state index contributed by atoms with van der Waals surface area (Å²) in [6, 6.07) is 16.3. The number of anilines is 1. The van der Waals surface area contributed by atoms with Crippen LogP contribution >= 0.6 is 11.6 Å². The largest absolute Gasteiger partial charge is 0.478 e. The molecular weight excluding hydrogens is 352 g/mol. The summed E-state index contributed by atoms with van der Waals surface area (Å²) in [5.74, 6) is -0.965. The number of carboxylic acid groups (broad SMARTS) is 1. The minimum Gasteiger partial charge on any atom is -0.478 e. The molecule has 0 spiro atoms. The third kappa shape index (κ3) is 4.10. The molecule has 0 amide bonds. The highest BCUT2D eigenvalue weighted by atomic mass is 35.5. The van der Waals surface area contributed by atoms with Gasteiger partial charge in [-0.3, -0.25) is 5.43 Å². The standard InChI is InChI=1S/C19H17ClN4O2/c1-13-17(11-21-22-16-9-7-15(8-10-16)19(25)26)18(20)24(23-13)12-14-5-3-2-4-6-14/h2-11,22H,12H2,1H3,(H,25,26)/b21-11+. The summed E-state index contributed by atoms with van der Waals surface area (Å²) < 4.78 is 1.73. The quantitative estimate of drug-likeness (QED) is 0.508. The minimum absolute atomic E-state index is 0.223. The molecule has 1 aromatic heterocycles. The van der Waals surface area contributed by atoms with Crippen LogP contribution in [-0.2, 0) is 6.54 Å². The number of hydrogen-bond acceptors (Lipinski definition) is 4. The lowest BCUT2D eigenvalue weighted by Crippen LogP contribution is -2.01. The van der Waals surface area contributed by atoms with Gasteiger partial charge in [-0.25, -0.2) is 9.48 Å². The molecule has 0 saturated carbocycles. The zero-order valence-corrected chi connectivity index (χ0v) is 14.8. The Bertz CT molecular complexity index is 934. The molecular formula is C19H17ClN4O2. The van der Waals surface area contributed by atoms with E-state index >= 15 is 0 Å². The van der Waals surface area contributed by atoms with E-state index in [4.69, 9.17) is 16.7 Å². The monoisotopic (exact) mass is 368 g/mol. The molecule has 3 rings (SSSR count). The van der Waals surface area contributed by atoms with Gasteiger partial charge in [0, 0.05) is 0 Å². The van der Waals surface area contributed by atoms with Crippen LogP contribution in [0.1, 0.15) is 27.2 Å². The zero-order chi connectivity index (χ0) is 18.5. The first-order valence-electron chi connectivity index (χ1n) is 7.94. The predicted octanol–water partition coefficient (Wildman–Crippen LogP) is 4.04. The second-order valence-corrected chi connectivity index (χ2v) is 6.04. The molecule has 0 unspecified atom stereocenters. The average molecular weight is 369 g/mol. The van der Waals surface area contributed by atoms with E-state index in [1.54, 1.807) is 23.0 Å². The number of benzene rings is 2. The van der Waals surface area contributed by atoms with Gasteiger partial charge >= 0.3 is 5.97 Å². The van der Waals surface area contributed by atoms with Crippen molar-refractivity contribution in [3.63, 3.8) is 0 Å². The maximum absolute atomic E-state index is 10.8. The smallest absolute Gasteiger partial charge is 0.335 e. The Morgan fingerprint density at radius 1 is 1.23 bits per heavy atom. The van der Waals surface area contributed by atoms with Crippen LogP contribution in [0.4, 0.5) is 5.69 Å². The topological polar surface area (TPSA) is 79.5 Å². The Kier molecular flexibility index (Phi) is 5.34. The van der Waals surface area contributed by atoms with Crippen molar-refractivity contribution in [2.45, 2.75) is 13.5 Å². The Hall–Kier alpha value is -3.12. The number of halogens is 1. The Balaban J connectivity index is 1.71. The second kappa shape index (κ2) is 7.84. The summed E-state index contributed by atoms with van der Waals surface area (Å²) in [7, 11) is 0. The van der Waals surface area contributed by atoms with Gasteiger partial charge in [0.05, 0.1) is 35.3 Å². The number of carboxylic acids is 1. The molecule has 0 aliphatic heterocycles. The van der Waals surface area contributed by atoms with Crippen molar-refractivity contribution in [3.8, 4) is 0 Å². The number of hydrazone groups is 1. The van der Waals surface area contributed by atoms with E-state index in [1.807, 2.05) is 37.3 Å². The summed E-state index contributed by atoms with van der Waals surface area (Å²) in [5.41, 5.74) is 6.37. The molecule has 0 fully saturated rings. The van der Waals surface area contributed by atoms with Crippen molar-refractivity contribution >= 4 is 29.5 Å². The van der Waals surface area contributed by atoms with Gasteiger partial charge in [-0.2, -0.15) is 10.2 Å². The Labute approximate surface area is 155 Å². The van der Waals surface area contributed by atoms with E-state index in [9.17, 15) is 4.79 Å². The van der Waals surface area contributed by atoms with Crippen LogP contribution in [0.3, 0.4) is 0 Å². The predicted molar refractivity (Wildman–Crippen MR) is 102 cm³/mol. The number of nitrogens with one attached hydrogen (secondary N) is 1. The number of rotatable bonds is 6. The summed E-state index contributed by atoms with van der Waals surface area (Å²) in [6.07, 6.45) is 1.61. The van der Waals surface area contributed by atoms with Crippen molar-refractivity contribution in [2.75, 3.05) is 5.43 Å². The van der Waals surface area contributed by atoms with Crippen LogP contribution in [0, 0.1) is 6.92 Å². The van der Waals surface area contributed by atoms with Crippen molar-refractivity contribution in [2.24, 2.45) is 5.10 Å². The SMILES string of the molecule is Cc1nn(Cc2ccccc2)c(Cl)c1/C=N/Nc1ccc(C(=O)O)cc1. The third-order valence-electron chi connectivity index (χ3n) is 3.80. The lowest BCUT2D eigenvalue weighted by molar-refractivity contribution is 0.0697. The van der Waals surface area contributed by atoms with Crippen LogP contribution in [-0.4, -0.2) is 27.1 Å². The molecule has 0 radical (unpaired) electrons. The molecule has 0 saturated heterocycles. The zero-order valence-electron chi connectivity index (χ0n) is 14.1. The summed E-state index contributed by atoms with van der Waals surface area (Å²) in [6.45, 7) is 2.45. The highest BCUT2D eigenvalue weighted by molar-refractivity contribution is 6.32. The first-order chi connectivity index (χ1) is 12.5. The maximum Gasteiger partial charge on any atom is 0.335 e. The van der Waals surface area contributed by atoms with Gasteiger partial charge in [0.25, 0.3) is 0 Å². The van der Waals surface area contributed by atoms with Crippen molar-refractivity contribution in [3.05, 3.63) is 82.1 Å². The fraction of sp³-hybridized carbons (Fsp3) is 0.105. The molecule has 7 heteroatoms. The Morgan fingerprint density at radius 2 is 1.92 bits per heavy atom. The van der Waals surface area contributed by atoms with Crippen LogP contribution in [0.15, 0.2) is 59.7 Å². The molecule has 2 aromatic carbocycles. The van der Waals surface area contributed by atoms with Gasteiger partial charge in [-0.05, 0) is 36.8 Å². The van der Waals surface area contributed by atoms with Crippen molar-refractivity contribution in [1.82, 2.24) is 9.78 Å². The highest BCUT2D eigenvalue weighted by Gasteiger charge is 2.12. The molecule has 0 aliphatic carbocycles. The molecule has 132 valence electrons. The summed E-state index contributed by atoms with van der Waals surface area (Å²) >= 11 is 6.43. The highest BCUT2D eigenvalue weighted by Crippen LogP contribution is 2.19. The van der Waals surface area contributed by atoms with Crippen LogP contribution in [0.25, 0.3) is 0 Å². The number of aromatic nitrogens is 2. The molecule has 6 nitrogen and oxygen atoms in total. The molecule has 0 atom stereocenters. The Morgan fingerprint density at radius 3 is 2.58 bits per heavy atom. The van der Waals surface area contributed by atoms with E-state index in [-0.39, 0.29) is 5.56 Å². The van der Waals surface area contributed by atoms with Crippen molar-refractivity contribution < 1.29 is 9.90 Å². The maximum atomic E-state index is 10.8. The summed E-state index contributed by atoms with van der Waals surface area (Å²) in [4.78, 5) is 10.8. The first kappa shape index (κ1) is 17.7. The van der Waals surface area contributed by atoms with E-state index in [0.717, 1.165) is 16.8 Å². The van der Waals surface area contributed by atoms with E-state index in [0.29, 0.717) is 17.4 Å². The number of nitrogens with zero attached hydrogens (tertiary/aromatic N) is 3. The second-order valence-electron chi connectivity index (χ2n) is 5.69. The van der Waals surface area contributed by atoms with Gasteiger partial charge in [0.1, 0.15) is 5.15 Å². The number of aromatic carboxylic acids is 1. The fourth-order valence-electron chi connectivity index (χ4n) is 2.43. The van der Waals surface area contributed by atoms with E-state index < -0.39 is 5.97 Å². The van der Waals surface area contributed by atoms with Crippen LogP contribution in [0.5, 0.6) is 0 Å². The molecule has 2 N–H and O–H groups in total. The molecule has 0 aliphatic rings. The van der Waals surface area contributed by atoms with Gasteiger partial charge < -0.3 is 5.11 Å². The normalized spacial score (nSPS) is 11.0. The van der Waals surface area contributed by atoms with Gasteiger partial charge in [-0.1, -0.05) is 41.9 Å². The first-order valence-corrected chi connectivity index (χ1v) is 8.31. The molecule has 1 heterocycles. The van der Waals surface area contributed by atoms with E-state index in [2.05, 4.69) is 15.6 Å². The van der Waals surface area contributed by atoms with Gasteiger partial charge in [-0.15, -0.1) is 0 Å². The number of hydrogen-bond donors (Lipinski definition) is 2. The average Bonchev–Trinajstić information content (AvgIpc) is 2.90. The summed E-state index contributed by atoms with van der Waals surface area (Å²) in [5, 5.41) is 18.0. The van der Waals surface area contributed by atoms with Gasteiger partial charge in [0.2, 0.25) is 0 Å². The van der Waals surface area contributed by atoms with Crippen LogP contribution in [0.2, 0.25) is 5.15 Å². The minimum atomic E-state index is -0.965. The third-order valence-corrected chi connectivity index (χ3v) is 4.20. The number of carbonyl (C=O) groups is 1. The van der Waals surface area contributed by atoms with Crippen LogP contribution < -0.4 is 5.43 Å². The molecule has 26 heavy (non-hydrogen) atoms. The molecule has 0 bridgehead atoms. The lowest BCUT2D eigenvalue weighted by Gasteiger charge is -2.03. The number of aryl methyl sites for hydroxylation is 1. The van der Waals surface area contributed by atoms with Gasteiger partial charge in [0.15, 0.2) is 0 Å². The lowest BCUT2D eigenvalue weighted by atomic mass is 10.2. The fourth-order valence-corrected chi connectivity index (χ4v) is 2.72.